The number of benzene rings is 1. The highest BCUT2D eigenvalue weighted by molar-refractivity contribution is 9.10. The zero-order valence-electron chi connectivity index (χ0n) is 11.7. The Morgan fingerprint density at radius 1 is 1.21 bits per heavy atom. The van der Waals surface area contributed by atoms with Gasteiger partial charge in [-0.1, -0.05) is 15.9 Å². The fourth-order valence-corrected chi connectivity index (χ4v) is 2.58. The number of nitrogens with zero attached hydrogens (tertiary/aromatic N) is 2. The second-order valence-electron chi connectivity index (χ2n) is 4.74. The topological polar surface area (TPSA) is 29.9 Å². The molecule has 4 heteroatoms. The summed E-state index contributed by atoms with van der Waals surface area (Å²) in [7, 11) is 1.99. The molecule has 0 atom stereocenters. The molecule has 0 bridgehead atoms. The predicted molar refractivity (Wildman–Crippen MR) is 83.0 cm³/mol. The molecular weight excluding hydrogens is 302 g/mol. The molecule has 0 radical (unpaired) electrons. The van der Waals surface area contributed by atoms with Crippen molar-refractivity contribution in [2.24, 2.45) is 0 Å². The maximum atomic E-state index is 4.67. The highest BCUT2D eigenvalue weighted by atomic mass is 79.9. The molecule has 1 aromatic carbocycles. The van der Waals surface area contributed by atoms with Crippen LogP contribution in [0.2, 0.25) is 0 Å². The smallest absolute Gasteiger partial charge is 0.0649 e. The van der Waals surface area contributed by atoms with Gasteiger partial charge in [0.1, 0.15) is 0 Å². The Morgan fingerprint density at radius 2 is 1.89 bits per heavy atom. The van der Waals surface area contributed by atoms with E-state index in [1.165, 1.54) is 11.3 Å². The number of halogens is 1. The van der Waals surface area contributed by atoms with Crippen molar-refractivity contribution < 1.29 is 0 Å². The largest absolute Gasteiger partial charge is 0.320 e. The Balaban J connectivity index is 2.27. The third kappa shape index (κ3) is 3.25. The molecule has 3 nitrogen and oxygen atoms in total. The summed E-state index contributed by atoms with van der Waals surface area (Å²) in [5, 5.41) is 7.86. The minimum atomic E-state index is 1.04. The first kappa shape index (κ1) is 14.3. The molecule has 2 rings (SSSR count). The highest BCUT2D eigenvalue weighted by Crippen LogP contribution is 2.20. The molecule has 1 heterocycles. The average molecular weight is 322 g/mol. The molecule has 102 valence electrons. The molecule has 1 N–H and O–H groups in total. The predicted octanol–water partition coefficient (Wildman–Crippen LogP) is 3.40. The third-order valence-electron chi connectivity index (χ3n) is 3.37. The molecule has 0 aliphatic carbocycles. The maximum Gasteiger partial charge on any atom is 0.0649 e. The van der Waals surface area contributed by atoms with E-state index < -0.39 is 0 Å². The van der Waals surface area contributed by atoms with Gasteiger partial charge in [0, 0.05) is 10.2 Å². The summed E-state index contributed by atoms with van der Waals surface area (Å²) in [5.41, 5.74) is 4.87. The summed E-state index contributed by atoms with van der Waals surface area (Å²) in [4.78, 5) is 0. The van der Waals surface area contributed by atoms with Crippen LogP contribution in [0.25, 0.3) is 5.69 Å². The molecule has 0 saturated carbocycles. The van der Waals surface area contributed by atoms with Crippen LogP contribution in [0.3, 0.4) is 0 Å². The van der Waals surface area contributed by atoms with Gasteiger partial charge in [0.05, 0.1) is 11.4 Å². The van der Waals surface area contributed by atoms with E-state index in [9.17, 15) is 0 Å². The summed E-state index contributed by atoms with van der Waals surface area (Å²) in [6.07, 6.45) is 2.22. The Labute approximate surface area is 123 Å². The van der Waals surface area contributed by atoms with Gasteiger partial charge in [-0.05, 0) is 70.1 Å². The lowest BCUT2D eigenvalue weighted by molar-refractivity contribution is 0.720. The molecule has 0 unspecified atom stereocenters. The van der Waals surface area contributed by atoms with E-state index in [0.29, 0.717) is 0 Å². The number of rotatable bonds is 5. The van der Waals surface area contributed by atoms with Gasteiger partial charge in [-0.25, -0.2) is 4.68 Å². The molecular formula is C15H20BrN3. The minimum absolute atomic E-state index is 1.04. The van der Waals surface area contributed by atoms with Crippen molar-refractivity contribution in [2.45, 2.75) is 26.7 Å². The number of aryl methyl sites for hydroxylation is 1. The molecule has 0 spiro atoms. The van der Waals surface area contributed by atoms with Crippen molar-refractivity contribution in [2.75, 3.05) is 13.6 Å². The van der Waals surface area contributed by atoms with Crippen LogP contribution >= 0.6 is 15.9 Å². The second-order valence-corrected chi connectivity index (χ2v) is 5.66. The molecule has 0 amide bonds. The molecule has 1 aromatic heterocycles. The zero-order chi connectivity index (χ0) is 13.8. The van der Waals surface area contributed by atoms with E-state index in [1.54, 1.807) is 0 Å². The minimum Gasteiger partial charge on any atom is -0.320 e. The van der Waals surface area contributed by atoms with Gasteiger partial charge in [0.25, 0.3) is 0 Å². The van der Waals surface area contributed by atoms with E-state index in [4.69, 9.17) is 0 Å². The van der Waals surface area contributed by atoms with Crippen LogP contribution in [0.1, 0.15) is 23.4 Å². The summed E-state index contributed by atoms with van der Waals surface area (Å²) in [6, 6.07) is 8.26. The van der Waals surface area contributed by atoms with Crippen molar-refractivity contribution in [1.82, 2.24) is 15.1 Å². The van der Waals surface area contributed by atoms with Crippen molar-refractivity contribution in [3.8, 4) is 5.69 Å². The molecule has 0 fully saturated rings. The monoisotopic (exact) mass is 321 g/mol. The first-order valence-corrected chi connectivity index (χ1v) is 7.38. The maximum absolute atomic E-state index is 4.67. The van der Waals surface area contributed by atoms with Crippen LogP contribution in [-0.4, -0.2) is 23.4 Å². The Bertz CT molecular complexity index is 543. The number of hydrogen-bond donors (Lipinski definition) is 1. The zero-order valence-corrected chi connectivity index (χ0v) is 13.3. The SMILES string of the molecule is CNCCCc1c(C)nn(-c2ccc(Br)cc2)c1C. The van der Waals surface area contributed by atoms with Crippen molar-refractivity contribution in [1.29, 1.82) is 0 Å². The van der Waals surface area contributed by atoms with Crippen molar-refractivity contribution in [3.05, 3.63) is 45.7 Å². The quantitative estimate of drug-likeness (QED) is 0.855. The molecule has 19 heavy (non-hydrogen) atoms. The van der Waals surface area contributed by atoms with Crippen molar-refractivity contribution in [3.63, 3.8) is 0 Å². The fraction of sp³-hybridized carbons (Fsp3) is 0.400. The summed E-state index contributed by atoms with van der Waals surface area (Å²) in [5.74, 6) is 0. The Hall–Kier alpha value is -1.13. The van der Waals surface area contributed by atoms with Gasteiger partial charge in [-0.2, -0.15) is 5.10 Å². The van der Waals surface area contributed by atoms with Crippen LogP contribution in [0.5, 0.6) is 0 Å². The Morgan fingerprint density at radius 3 is 2.53 bits per heavy atom. The first-order chi connectivity index (χ1) is 9.13. The third-order valence-corrected chi connectivity index (χ3v) is 3.89. The molecule has 0 aliphatic heterocycles. The van der Waals surface area contributed by atoms with Crippen LogP contribution in [-0.2, 0) is 6.42 Å². The highest BCUT2D eigenvalue weighted by Gasteiger charge is 2.12. The molecule has 0 aliphatic rings. The molecule has 0 saturated heterocycles. The second kappa shape index (κ2) is 6.35. The summed E-state index contributed by atoms with van der Waals surface area (Å²) in [6.45, 7) is 5.29. The summed E-state index contributed by atoms with van der Waals surface area (Å²) < 4.78 is 3.13. The summed E-state index contributed by atoms with van der Waals surface area (Å²) >= 11 is 3.46. The lowest BCUT2D eigenvalue weighted by atomic mass is 10.1. The lowest BCUT2D eigenvalue weighted by Crippen LogP contribution is -2.09. The number of aromatic nitrogens is 2. The van der Waals surface area contributed by atoms with Crippen LogP contribution in [0.15, 0.2) is 28.7 Å². The first-order valence-electron chi connectivity index (χ1n) is 6.59. The van der Waals surface area contributed by atoms with E-state index in [2.05, 4.69) is 52.3 Å². The average Bonchev–Trinajstić information content (AvgIpc) is 2.68. The van der Waals surface area contributed by atoms with E-state index in [0.717, 1.165) is 35.2 Å². The van der Waals surface area contributed by atoms with Gasteiger partial charge in [0.2, 0.25) is 0 Å². The number of hydrogen-bond acceptors (Lipinski definition) is 2. The van der Waals surface area contributed by atoms with Gasteiger partial charge in [0.15, 0.2) is 0 Å². The normalized spacial score (nSPS) is 10.9. The van der Waals surface area contributed by atoms with E-state index in [-0.39, 0.29) is 0 Å². The Kier molecular flexibility index (Phi) is 4.77. The molecule has 2 aromatic rings. The van der Waals surface area contributed by atoms with E-state index >= 15 is 0 Å². The van der Waals surface area contributed by atoms with Crippen LogP contribution < -0.4 is 5.32 Å². The van der Waals surface area contributed by atoms with Crippen molar-refractivity contribution >= 4 is 15.9 Å². The standard InChI is InChI=1S/C15H20BrN3/c1-11-15(5-4-10-17-3)12(2)19(18-11)14-8-6-13(16)7-9-14/h6-9,17H,4-5,10H2,1-3H3. The lowest BCUT2D eigenvalue weighted by Gasteiger charge is -2.06. The fourth-order valence-electron chi connectivity index (χ4n) is 2.31. The van der Waals surface area contributed by atoms with Crippen LogP contribution in [0.4, 0.5) is 0 Å². The van der Waals surface area contributed by atoms with Gasteiger partial charge >= 0.3 is 0 Å². The van der Waals surface area contributed by atoms with Gasteiger partial charge in [-0.15, -0.1) is 0 Å². The van der Waals surface area contributed by atoms with Crippen LogP contribution in [0, 0.1) is 13.8 Å². The van der Waals surface area contributed by atoms with E-state index in [1.807, 2.05) is 23.9 Å². The van der Waals surface area contributed by atoms with Gasteiger partial charge < -0.3 is 5.32 Å². The number of nitrogens with one attached hydrogen (secondary N) is 1. The van der Waals surface area contributed by atoms with Gasteiger partial charge in [-0.3, -0.25) is 0 Å².